The maximum Gasteiger partial charge on any atom is 0.249 e. The molecule has 0 aromatic rings. The van der Waals surface area contributed by atoms with E-state index in [1.165, 1.54) is 0 Å². The summed E-state index contributed by atoms with van der Waals surface area (Å²) in [7, 11) is 3.23. The van der Waals surface area contributed by atoms with Gasteiger partial charge in [-0.15, -0.1) is 0 Å². The van der Waals surface area contributed by atoms with E-state index in [0.29, 0.717) is 6.04 Å². The predicted octanol–water partition coefficient (Wildman–Crippen LogP) is 0.721. The zero-order valence-corrected chi connectivity index (χ0v) is 8.55. The Morgan fingerprint density at radius 2 is 2.14 bits per heavy atom. The first-order valence-corrected chi connectivity index (χ1v) is 4.87. The molecule has 3 aliphatic rings. The molecule has 1 saturated heterocycles. The molecule has 0 saturated carbocycles. The van der Waals surface area contributed by atoms with Crippen LogP contribution in [0.2, 0.25) is 0 Å². The molecule has 1 aliphatic carbocycles. The van der Waals surface area contributed by atoms with Crippen molar-refractivity contribution < 1.29 is 19.1 Å². The summed E-state index contributed by atoms with van der Waals surface area (Å²) < 4.78 is 12.0. The van der Waals surface area contributed by atoms with Crippen molar-refractivity contribution in [3.8, 4) is 0 Å². The Balaban J connectivity index is 2.08. The summed E-state index contributed by atoms with van der Waals surface area (Å²) in [5.41, 5.74) is 0. The number of ether oxygens (including phenoxy) is 2. The maximum atomic E-state index is 5.65. The fourth-order valence-electron chi connectivity index (χ4n) is 1.80. The van der Waals surface area contributed by atoms with Crippen LogP contribution < -0.4 is 0 Å². The number of nitrogens with zero attached hydrogens (tertiary/aromatic N) is 1. The second-order valence-corrected chi connectivity index (χ2v) is 3.52. The van der Waals surface area contributed by atoms with E-state index in [2.05, 4.69) is 12.2 Å². The molecule has 0 aromatic heterocycles. The molecule has 3 rings (SSSR count). The first kappa shape index (κ1) is 9.68. The van der Waals surface area contributed by atoms with Crippen LogP contribution in [0.25, 0.3) is 0 Å². The van der Waals surface area contributed by atoms with Crippen LogP contribution in [0.15, 0.2) is 12.2 Å². The van der Waals surface area contributed by atoms with Crippen molar-refractivity contribution in [2.24, 2.45) is 0 Å². The van der Waals surface area contributed by atoms with Gasteiger partial charge in [0, 0.05) is 27.1 Å². The second-order valence-electron chi connectivity index (χ2n) is 3.52. The highest BCUT2D eigenvalue weighted by atomic mass is 16.7. The zero-order valence-electron chi connectivity index (χ0n) is 8.55. The van der Waals surface area contributed by atoms with Gasteiger partial charge in [-0.05, 0) is 16.9 Å². The van der Waals surface area contributed by atoms with Gasteiger partial charge in [0.25, 0.3) is 0 Å². The molecule has 78 valence electrons. The molecule has 4 nitrogen and oxygen atoms in total. The van der Waals surface area contributed by atoms with Gasteiger partial charge in [-0.25, -0.2) is 0 Å². The standard InChI is InChI=1S/C10H16NO3/c1-12-10(13-2)7-11-8-3-5-9(14-11)6-4-8/h3,5,7-10H,4,6H2,1-2H3/q+1/b11-7-. The maximum absolute atomic E-state index is 5.65. The number of hydrogen-bond acceptors (Lipinski definition) is 3. The Bertz CT molecular complexity index is 258. The lowest BCUT2D eigenvalue weighted by Crippen LogP contribution is -2.41. The number of hydrogen-bond donors (Lipinski definition) is 0. The van der Waals surface area contributed by atoms with Crippen LogP contribution in [0.1, 0.15) is 12.8 Å². The Kier molecular flexibility index (Phi) is 2.84. The van der Waals surface area contributed by atoms with Gasteiger partial charge in [0.05, 0.1) is 0 Å². The quantitative estimate of drug-likeness (QED) is 0.380. The fraction of sp³-hybridized carbons (Fsp3) is 0.700. The van der Waals surface area contributed by atoms with E-state index >= 15 is 0 Å². The monoisotopic (exact) mass is 198 g/mol. The third kappa shape index (κ3) is 1.81. The van der Waals surface area contributed by atoms with E-state index in [1.807, 2.05) is 11.0 Å². The Morgan fingerprint density at radius 1 is 1.36 bits per heavy atom. The van der Waals surface area contributed by atoms with Crippen molar-refractivity contribution >= 4 is 6.21 Å². The lowest BCUT2D eigenvalue weighted by atomic mass is 9.99. The highest BCUT2D eigenvalue weighted by Crippen LogP contribution is 2.23. The smallest absolute Gasteiger partial charge is 0.249 e. The average Bonchev–Trinajstić information content (AvgIpc) is 2.27. The van der Waals surface area contributed by atoms with E-state index in [0.717, 1.165) is 12.8 Å². The summed E-state index contributed by atoms with van der Waals surface area (Å²) in [4.78, 5) is 5.65. The van der Waals surface area contributed by atoms with Crippen molar-refractivity contribution in [1.29, 1.82) is 0 Å². The van der Waals surface area contributed by atoms with Crippen molar-refractivity contribution in [1.82, 2.24) is 0 Å². The molecule has 0 radical (unpaired) electrons. The molecule has 1 fully saturated rings. The van der Waals surface area contributed by atoms with Gasteiger partial charge >= 0.3 is 0 Å². The molecule has 14 heavy (non-hydrogen) atoms. The lowest BCUT2D eigenvalue weighted by molar-refractivity contribution is -0.823. The van der Waals surface area contributed by atoms with E-state index < -0.39 is 0 Å². The van der Waals surface area contributed by atoms with Gasteiger partial charge < -0.3 is 9.47 Å². The first-order valence-electron chi connectivity index (χ1n) is 4.87. The van der Waals surface area contributed by atoms with E-state index in [4.69, 9.17) is 14.3 Å². The van der Waals surface area contributed by atoms with Crippen LogP contribution in [-0.4, -0.2) is 43.6 Å². The molecule has 2 heterocycles. The summed E-state index contributed by atoms with van der Waals surface area (Å²) in [5, 5.41) is 0. The minimum Gasteiger partial charge on any atom is -0.347 e. The molecule has 4 heteroatoms. The molecule has 2 bridgehead atoms. The third-order valence-electron chi connectivity index (χ3n) is 2.61. The largest absolute Gasteiger partial charge is 0.347 e. The van der Waals surface area contributed by atoms with Crippen molar-refractivity contribution in [3.63, 3.8) is 0 Å². The zero-order chi connectivity index (χ0) is 9.97. The summed E-state index contributed by atoms with van der Waals surface area (Å²) in [6, 6.07) is 0.341. The minimum atomic E-state index is -0.331. The summed E-state index contributed by atoms with van der Waals surface area (Å²) in [5.74, 6) is 0. The molecule has 0 N–H and O–H groups in total. The molecule has 0 spiro atoms. The minimum absolute atomic E-state index is 0.227. The average molecular weight is 198 g/mol. The SMILES string of the molecule is COC(/C=[N+]1\OC2C=CC1CC2)OC. The summed E-state index contributed by atoms with van der Waals surface area (Å²) in [6.45, 7) is 0. The predicted molar refractivity (Wildman–Crippen MR) is 51.2 cm³/mol. The van der Waals surface area contributed by atoms with Crippen LogP contribution >= 0.6 is 0 Å². The second kappa shape index (κ2) is 4.11. The van der Waals surface area contributed by atoms with Gasteiger partial charge in [0.2, 0.25) is 18.5 Å². The van der Waals surface area contributed by atoms with Crippen LogP contribution in [-0.2, 0) is 14.3 Å². The molecule has 2 aliphatic heterocycles. The molecular weight excluding hydrogens is 182 g/mol. The van der Waals surface area contributed by atoms with E-state index in [9.17, 15) is 0 Å². The Hall–Kier alpha value is -0.870. The Labute approximate surface area is 83.7 Å². The molecule has 0 aromatic carbocycles. The van der Waals surface area contributed by atoms with Crippen molar-refractivity contribution in [3.05, 3.63) is 12.2 Å². The van der Waals surface area contributed by atoms with Gasteiger partial charge in [-0.2, -0.15) is 0 Å². The lowest BCUT2D eigenvalue weighted by Gasteiger charge is -2.26. The van der Waals surface area contributed by atoms with E-state index in [-0.39, 0.29) is 12.4 Å². The van der Waals surface area contributed by atoms with Gasteiger partial charge in [-0.1, -0.05) is 0 Å². The number of hydroxylamine groups is 1. The topological polar surface area (TPSA) is 30.7 Å². The van der Waals surface area contributed by atoms with Crippen LogP contribution in [0, 0.1) is 0 Å². The Morgan fingerprint density at radius 3 is 2.57 bits per heavy atom. The van der Waals surface area contributed by atoms with Crippen LogP contribution in [0.3, 0.4) is 0 Å². The van der Waals surface area contributed by atoms with Crippen molar-refractivity contribution in [2.75, 3.05) is 14.2 Å². The van der Waals surface area contributed by atoms with Gasteiger partial charge in [0.1, 0.15) is 0 Å². The third-order valence-corrected chi connectivity index (χ3v) is 2.61. The summed E-state index contributed by atoms with van der Waals surface area (Å²) in [6.07, 6.45) is 8.27. The normalized spacial score (nSPS) is 32.6. The van der Waals surface area contributed by atoms with Crippen molar-refractivity contribution in [2.45, 2.75) is 31.3 Å². The molecular formula is C10H16NO3+. The van der Waals surface area contributed by atoms with Gasteiger partial charge in [0.15, 0.2) is 6.10 Å². The van der Waals surface area contributed by atoms with Crippen LogP contribution in [0.4, 0.5) is 0 Å². The van der Waals surface area contributed by atoms with Crippen LogP contribution in [0.5, 0.6) is 0 Å². The first-order chi connectivity index (χ1) is 6.83. The number of fused-ring (bicyclic) bond motifs is 2. The fourth-order valence-corrected chi connectivity index (χ4v) is 1.80. The number of rotatable bonds is 3. The highest BCUT2D eigenvalue weighted by Gasteiger charge is 2.36. The summed E-state index contributed by atoms with van der Waals surface area (Å²) >= 11 is 0. The highest BCUT2D eigenvalue weighted by molar-refractivity contribution is 5.55. The van der Waals surface area contributed by atoms with Gasteiger partial charge in [-0.3, -0.25) is 4.84 Å². The molecule has 2 atom stereocenters. The molecule has 2 unspecified atom stereocenters. The molecule has 0 amide bonds. The number of methoxy groups -OCH3 is 2. The van der Waals surface area contributed by atoms with E-state index in [1.54, 1.807) is 14.2 Å².